The van der Waals surface area contributed by atoms with E-state index in [1.165, 1.54) is 0 Å². The zero-order valence-electron chi connectivity index (χ0n) is 14.2. The molecule has 0 bridgehead atoms. The Bertz CT molecular complexity index is 823. The summed E-state index contributed by atoms with van der Waals surface area (Å²) >= 11 is 0. The number of carbonyl (C=O) groups excluding carboxylic acids is 2. The van der Waals surface area contributed by atoms with E-state index in [-0.39, 0.29) is 17.6 Å². The number of amides is 1. The van der Waals surface area contributed by atoms with Gasteiger partial charge in [-0.05, 0) is 56.4 Å². The third-order valence-corrected chi connectivity index (χ3v) is 4.69. The quantitative estimate of drug-likeness (QED) is 0.798. The van der Waals surface area contributed by atoms with Crippen LogP contribution in [0.2, 0.25) is 0 Å². The van der Waals surface area contributed by atoms with Gasteiger partial charge >= 0.3 is 5.97 Å². The average Bonchev–Trinajstić information content (AvgIpc) is 3.37. The highest BCUT2D eigenvalue weighted by molar-refractivity contribution is 6.05. The van der Waals surface area contributed by atoms with Crippen LogP contribution in [0.1, 0.15) is 64.3 Å². The zero-order valence-corrected chi connectivity index (χ0v) is 14.2. The lowest BCUT2D eigenvalue weighted by atomic mass is 9.99. The first-order valence-corrected chi connectivity index (χ1v) is 8.76. The van der Waals surface area contributed by atoms with E-state index in [2.05, 4.69) is 5.16 Å². The Balaban J connectivity index is 1.59. The van der Waals surface area contributed by atoms with Crippen LogP contribution in [0.3, 0.4) is 0 Å². The van der Waals surface area contributed by atoms with Gasteiger partial charge in [-0.3, -0.25) is 4.79 Å². The summed E-state index contributed by atoms with van der Waals surface area (Å²) in [6.45, 7) is 2.75. The fourth-order valence-corrected chi connectivity index (χ4v) is 3.24. The first-order chi connectivity index (χ1) is 12.2. The summed E-state index contributed by atoms with van der Waals surface area (Å²) in [6, 6.07) is 7.11. The summed E-state index contributed by atoms with van der Waals surface area (Å²) in [5.41, 5.74) is 3.20. The molecule has 25 heavy (non-hydrogen) atoms. The molecule has 1 aliphatic carbocycles. The van der Waals surface area contributed by atoms with Gasteiger partial charge in [0.25, 0.3) is 5.91 Å². The van der Waals surface area contributed by atoms with Gasteiger partial charge in [0.2, 0.25) is 5.76 Å². The Morgan fingerprint density at radius 2 is 2.16 bits per heavy atom. The van der Waals surface area contributed by atoms with E-state index >= 15 is 0 Å². The highest BCUT2D eigenvalue weighted by Crippen LogP contribution is 2.39. The molecular formula is C19H20N2O4. The van der Waals surface area contributed by atoms with Crippen molar-refractivity contribution in [3.8, 4) is 0 Å². The standard InChI is InChI=1S/C19H20N2O4/c1-2-24-19(23)14-7-8-16-13(10-14)4-3-9-21(16)18(22)17-11-15(20-25-17)12-5-6-12/h7-8,10-12H,2-6,9H2,1H3. The number of ether oxygens (including phenoxy) is 1. The molecule has 2 aliphatic rings. The van der Waals surface area contributed by atoms with Gasteiger partial charge in [-0.25, -0.2) is 4.79 Å². The van der Waals surface area contributed by atoms with Crippen molar-refractivity contribution in [3.05, 3.63) is 46.8 Å². The maximum atomic E-state index is 12.8. The van der Waals surface area contributed by atoms with Gasteiger partial charge in [0.15, 0.2) is 0 Å². The first kappa shape index (κ1) is 15.9. The van der Waals surface area contributed by atoms with Crippen LogP contribution in [-0.2, 0) is 11.2 Å². The summed E-state index contributed by atoms with van der Waals surface area (Å²) in [5.74, 6) is 0.220. The monoisotopic (exact) mass is 340 g/mol. The number of hydrogen-bond acceptors (Lipinski definition) is 5. The van der Waals surface area contributed by atoms with Crippen LogP contribution in [-0.4, -0.2) is 30.2 Å². The SMILES string of the molecule is CCOC(=O)c1ccc2c(c1)CCCN2C(=O)c1cc(C2CC2)no1. The number of anilines is 1. The van der Waals surface area contributed by atoms with Crippen LogP contribution in [0.4, 0.5) is 5.69 Å². The Morgan fingerprint density at radius 1 is 1.32 bits per heavy atom. The highest BCUT2D eigenvalue weighted by Gasteiger charge is 2.31. The lowest BCUT2D eigenvalue weighted by Gasteiger charge is -2.28. The van der Waals surface area contributed by atoms with Gasteiger partial charge in [0.05, 0.1) is 17.9 Å². The summed E-state index contributed by atoms with van der Waals surface area (Å²) in [5, 5.41) is 4.02. The van der Waals surface area contributed by atoms with Crippen LogP contribution >= 0.6 is 0 Å². The van der Waals surface area contributed by atoms with Crippen molar-refractivity contribution in [2.24, 2.45) is 0 Å². The number of esters is 1. The second kappa shape index (κ2) is 6.35. The molecule has 0 unspecified atom stereocenters. The molecule has 130 valence electrons. The van der Waals surface area contributed by atoms with Crippen molar-refractivity contribution in [3.63, 3.8) is 0 Å². The molecule has 1 fully saturated rings. The fourth-order valence-electron chi connectivity index (χ4n) is 3.24. The molecular weight excluding hydrogens is 320 g/mol. The number of aromatic nitrogens is 1. The molecule has 0 N–H and O–H groups in total. The topological polar surface area (TPSA) is 72.6 Å². The smallest absolute Gasteiger partial charge is 0.338 e. The molecule has 6 heteroatoms. The number of hydrogen-bond donors (Lipinski definition) is 0. The number of carbonyl (C=O) groups is 2. The maximum absolute atomic E-state index is 12.8. The third-order valence-electron chi connectivity index (χ3n) is 4.69. The predicted molar refractivity (Wildman–Crippen MR) is 90.9 cm³/mol. The minimum Gasteiger partial charge on any atom is -0.462 e. The van der Waals surface area contributed by atoms with Crippen LogP contribution < -0.4 is 4.90 Å². The van der Waals surface area contributed by atoms with Crippen molar-refractivity contribution >= 4 is 17.6 Å². The molecule has 0 saturated heterocycles. The molecule has 0 spiro atoms. The normalized spacial score (nSPS) is 16.4. The highest BCUT2D eigenvalue weighted by atomic mass is 16.5. The van der Waals surface area contributed by atoms with Gasteiger partial charge in [-0.2, -0.15) is 0 Å². The molecule has 4 rings (SSSR count). The third kappa shape index (κ3) is 3.04. The fraction of sp³-hybridized carbons (Fsp3) is 0.421. The molecule has 1 aromatic heterocycles. The lowest BCUT2D eigenvalue weighted by Crippen LogP contribution is -2.35. The largest absolute Gasteiger partial charge is 0.462 e. The molecule has 0 radical (unpaired) electrons. The van der Waals surface area contributed by atoms with Crippen LogP contribution in [0, 0.1) is 0 Å². The van der Waals surface area contributed by atoms with E-state index < -0.39 is 0 Å². The second-order valence-electron chi connectivity index (χ2n) is 6.51. The minimum atomic E-state index is -0.335. The zero-order chi connectivity index (χ0) is 17.4. The molecule has 1 amide bonds. The molecule has 1 aliphatic heterocycles. The molecule has 0 atom stereocenters. The van der Waals surface area contributed by atoms with Gasteiger partial charge in [0, 0.05) is 24.2 Å². The maximum Gasteiger partial charge on any atom is 0.338 e. The van der Waals surface area contributed by atoms with Crippen molar-refractivity contribution in [2.75, 3.05) is 18.1 Å². The van der Waals surface area contributed by atoms with E-state index in [0.29, 0.717) is 24.6 Å². The van der Waals surface area contributed by atoms with Crippen LogP contribution in [0.5, 0.6) is 0 Å². The van der Waals surface area contributed by atoms with E-state index in [0.717, 1.165) is 42.6 Å². The van der Waals surface area contributed by atoms with Gasteiger partial charge < -0.3 is 14.2 Å². The second-order valence-corrected chi connectivity index (χ2v) is 6.51. The number of rotatable bonds is 4. The molecule has 2 aromatic rings. The summed E-state index contributed by atoms with van der Waals surface area (Å²) in [7, 11) is 0. The Labute approximate surface area is 145 Å². The number of aryl methyl sites for hydroxylation is 1. The lowest BCUT2D eigenvalue weighted by molar-refractivity contribution is 0.0526. The van der Waals surface area contributed by atoms with Gasteiger partial charge in [-0.1, -0.05) is 5.16 Å². The van der Waals surface area contributed by atoms with E-state index in [1.54, 1.807) is 24.0 Å². The summed E-state index contributed by atoms with van der Waals surface area (Å²) < 4.78 is 10.3. The van der Waals surface area contributed by atoms with Gasteiger partial charge in [-0.15, -0.1) is 0 Å². The van der Waals surface area contributed by atoms with Crippen molar-refractivity contribution in [1.29, 1.82) is 0 Å². The number of nitrogens with zero attached hydrogens (tertiary/aromatic N) is 2. The van der Waals surface area contributed by atoms with E-state index in [1.807, 2.05) is 12.1 Å². The molecule has 2 heterocycles. The Morgan fingerprint density at radius 3 is 2.92 bits per heavy atom. The molecule has 1 aromatic carbocycles. The predicted octanol–water partition coefficient (Wildman–Crippen LogP) is 3.32. The van der Waals surface area contributed by atoms with Crippen molar-refractivity contribution < 1.29 is 18.8 Å². The minimum absolute atomic E-state index is 0.177. The van der Waals surface area contributed by atoms with Gasteiger partial charge in [0.1, 0.15) is 0 Å². The van der Waals surface area contributed by atoms with Crippen LogP contribution in [0.25, 0.3) is 0 Å². The van der Waals surface area contributed by atoms with E-state index in [4.69, 9.17) is 9.26 Å². The summed E-state index contributed by atoms with van der Waals surface area (Å²) in [6.07, 6.45) is 3.90. The number of benzene rings is 1. The van der Waals surface area contributed by atoms with Crippen molar-refractivity contribution in [1.82, 2.24) is 5.16 Å². The van der Waals surface area contributed by atoms with Crippen LogP contribution in [0.15, 0.2) is 28.8 Å². The van der Waals surface area contributed by atoms with Crippen molar-refractivity contribution in [2.45, 2.75) is 38.5 Å². The Hall–Kier alpha value is -2.63. The number of fused-ring (bicyclic) bond motifs is 1. The molecule has 6 nitrogen and oxygen atoms in total. The summed E-state index contributed by atoms with van der Waals surface area (Å²) in [4.78, 5) is 26.5. The molecule has 1 saturated carbocycles. The average molecular weight is 340 g/mol. The van der Waals surface area contributed by atoms with E-state index in [9.17, 15) is 9.59 Å². The first-order valence-electron chi connectivity index (χ1n) is 8.76. The Kier molecular flexibility index (Phi) is 4.03.